The standard InChI is InChI=1S/C18H32F2/c1-3-13-18(19,20)17-11-9-16(10-12-17)15-7-5-14(4-2)6-8-15/h14-17H,3-13H2,1-2H3. The summed E-state index contributed by atoms with van der Waals surface area (Å²) < 4.78 is 28.0. The molecule has 0 spiro atoms. The van der Waals surface area contributed by atoms with Crippen molar-refractivity contribution in [3.8, 4) is 0 Å². The van der Waals surface area contributed by atoms with Crippen molar-refractivity contribution in [1.29, 1.82) is 0 Å². The SMILES string of the molecule is CCCC(F)(F)C1CCC(C2CCC(CC)CC2)CC1. The molecule has 0 radical (unpaired) electrons. The highest BCUT2D eigenvalue weighted by Crippen LogP contribution is 2.46. The maximum Gasteiger partial charge on any atom is 0.250 e. The van der Waals surface area contributed by atoms with Crippen LogP contribution in [-0.2, 0) is 0 Å². The van der Waals surface area contributed by atoms with Gasteiger partial charge in [0.05, 0.1) is 0 Å². The van der Waals surface area contributed by atoms with Gasteiger partial charge in [0.15, 0.2) is 0 Å². The Balaban J connectivity index is 1.77. The van der Waals surface area contributed by atoms with Crippen LogP contribution in [0.3, 0.4) is 0 Å². The zero-order chi connectivity index (χ0) is 14.6. The average Bonchev–Trinajstić information content (AvgIpc) is 2.47. The fourth-order valence-electron chi connectivity index (χ4n) is 4.62. The van der Waals surface area contributed by atoms with E-state index in [1.165, 1.54) is 32.1 Å². The molecule has 118 valence electrons. The minimum absolute atomic E-state index is 0.0872. The fraction of sp³-hybridized carbons (Fsp3) is 1.00. The maximum atomic E-state index is 14.0. The van der Waals surface area contributed by atoms with Crippen molar-refractivity contribution in [3.05, 3.63) is 0 Å². The molecule has 0 N–H and O–H groups in total. The van der Waals surface area contributed by atoms with Gasteiger partial charge in [-0.25, -0.2) is 8.78 Å². The Morgan fingerprint density at radius 1 is 0.800 bits per heavy atom. The average molecular weight is 286 g/mol. The van der Waals surface area contributed by atoms with Crippen molar-refractivity contribution >= 4 is 0 Å². The van der Waals surface area contributed by atoms with E-state index in [4.69, 9.17) is 0 Å². The van der Waals surface area contributed by atoms with Gasteiger partial charge >= 0.3 is 0 Å². The Labute approximate surface area is 123 Å². The molecule has 0 unspecified atom stereocenters. The minimum atomic E-state index is -2.40. The summed E-state index contributed by atoms with van der Waals surface area (Å²) in [6.45, 7) is 4.16. The van der Waals surface area contributed by atoms with Gasteiger partial charge in [0.1, 0.15) is 0 Å². The molecular formula is C18H32F2. The molecule has 0 heterocycles. The van der Waals surface area contributed by atoms with Crippen LogP contribution >= 0.6 is 0 Å². The molecule has 0 aromatic heterocycles. The van der Waals surface area contributed by atoms with Gasteiger partial charge < -0.3 is 0 Å². The summed E-state index contributed by atoms with van der Waals surface area (Å²) in [5.41, 5.74) is 0. The second-order valence-electron chi connectivity index (χ2n) is 7.31. The molecule has 0 bridgehead atoms. The second kappa shape index (κ2) is 7.22. The molecule has 20 heavy (non-hydrogen) atoms. The van der Waals surface area contributed by atoms with Gasteiger partial charge in [-0.15, -0.1) is 0 Å². The predicted octanol–water partition coefficient (Wildman–Crippen LogP) is 6.44. The third-order valence-corrected chi connectivity index (χ3v) is 6.09. The van der Waals surface area contributed by atoms with Crippen molar-refractivity contribution in [3.63, 3.8) is 0 Å². The highest BCUT2D eigenvalue weighted by molar-refractivity contribution is 4.86. The van der Waals surface area contributed by atoms with E-state index in [1.54, 1.807) is 0 Å². The predicted molar refractivity (Wildman–Crippen MR) is 81.0 cm³/mol. The Morgan fingerprint density at radius 3 is 1.75 bits per heavy atom. The highest BCUT2D eigenvalue weighted by Gasteiger charge is 2.41. The summed E-state index contributed by atoms with van der Waals surface area (Å²) in [6.07, 6.45) is 11.2. The molecule has 2 aliphatic rings. The first-order valence-corrected chi connectivity index (χ1v) is 8.94. The Morgan fingerprint density at radius 2 is 1.30 bits per heavy atom. The third kappa shape index (κ3) is 3.95. The summed E-state index contributed by atoms with van der Waals surface area (Å²) in [5.74, 6) is -0.193. The van der Waals surface area contributed by atoms with Crippen LogP contribution in [0.2, 0.25) is 0 Å². The van der Waals surface area contributed by atoms with Gasteiger partial charge in [0, 0.05) is 12.3 Å². The van der Waals surface area contributed by atoms with E-state index in [0.29, 0.717) is 6.42 Å². The molecule has 0 saturated heterocycles. The first-order valence-electron chi connectivity index (χ1n) is 8.94. The topological polar surface area (TPSA) is 0 Å². The molecule has 0 nitrogen and oxygen atoms in total. The van der Waals surface area contributed by atoms with E-state index >= 15 is 0 Å². The van der Waals surface area contributed by atoms with Crippen molar-refractivity contribution in [2.45, 2.75) is 90.4 Å². The van der Waals surface area contributed by atoms with E-state index in [2.05, 4.69) is 6.92 Å². The molecule has 0 amide bonds. The molecule has 2 rings (SSSR count). The number of hydrogen-bond acceptors (Lipinski definition) is 0. The molecule has 2 heteroatoms. The second-order valence-corrected chi connectivity index (χ2v) is 7.31. The zero-order valence-corrected chi connectivity index (χ0v) is 13.3. The van der Waals surface area contributed by atoms with Crippen LogP contribution in [0.25, 0.3) is 0 Å². The molecule has 2 fully saturated rings. The van der Waals surface area contributed by atoms with Crippen molar-refractivity contribution in [2.75, 3.05) is 0 Å². The third-order valence-electron chi connectivity index (χ3n) is 6.09. The smallest absolute Gasteiger partial charge is 0.207 e. The normalized spacial score (nSPS) is 36.0. The Bertz CT molecular complexity index is 271. The fourth-order valence-corrected chi connectivity index (χ4v) is 4.62. The molecular weight excluding hydrogens is 254 g/mol. The highest BCUT2D eigenvalue weighted by atomic mass is 19.3. The number of alkyl halides is 2. The lowest BCUT2D eigenvalue weighted by Gasteiger charge is -2.39. The molecule has 0 aromatic carbocycles. The summed E-state index contributed by atoms with van der Waals surface area (Å²) in [6, 6.07) is 0. The number of rotatable bonds is 5. The van der Waals surface area contributed by atoms with E-state index in [-0.39, 0.29) is 12.3 Å². The van der Waals surface area contributed by atoms with E-state index in [0.717, 1.165) is 43.4 Å². The van der Waals surface area contributed by atoms with Gasteiger partial charge in [0.25, 0.3) is 5.92 Å². The maximum absolute atomic E-state index is 14.0. The summed E-state index contributed by atoms with van der Waals surface area (Å²) in [7, 11) is 0. The van der Waals surface area contributed by atoms with Gasteiger partial charge in [0.2, 0.25) is 0 Å². The quantitative estimate of drug-likeness (QED) is 0.545. The van der Waals surface area contributed by atoms with Crippen LogP contribution in [0.5, 0.6) is 0 Å². The zero-order valence-electron chi connectivity index (χ0n) is 13.3. The van der Waals surface area contributed by atoms with Gasteiger partial charge in [-0.3, -0.25) is 0 Å². The summed E-state index contributed by atoms with van der Waals surface area (Å²) in [5, 5.41) is 0. The van der Waals surface area contributed by atoms with Crippen LogP contribution < -0.4 is 0 Å². The van der Waals surface area contributed by atoms with Crippen LogP contribution in [0.4, 0.5) is 8.78 Å². The van der Waals surface area contributed by atoms with Gasteiger partial charge in [-0.05, 0) is 56.3 Å². The van der Waals surface area contributed by atoms with Crippen molar-refractivity contribution < 1.29 is 8.78 Å². The van der Waals surface area contributed by atoms with E-state index in [9.17, 15) is 8.78 Å². The number of hydrogen-bond donors (Lipinski definition) is 0. The first kappa shape index (κ1) is 16.2. The monoisotopic (exact) mass is 286 g/mol. The molecule has 2 saturated carbocycles. The lowest BCUT2D eigenvalue weighted by Crippen LogP contribution is -2.34. The van der Waals surface area contributed by atoms with Crippen molar-refractivity contribution in [1.82, 2.24) is 0 Å². The molecule has 0 atom stereocenters. The Kier molecular flexibility index (Phi) is 5.86. The van der Waals surface area contributed by atoms with Gasteiger partial charge in [-0.2, -0.15) is 0 Å². The van der Waals surface area contributed by atoms with Crippen LogP contribution in [0, 0.1) is 23.7 Å². The largest absolute Gasteiger partial charge is 0.250 e. The first-order chi connectivity index (χ1) is 9.56. The van der Waals surface area contributed by atoms with Gasteiger partial charge in [-0.1, -0.05) is 39.5 Å². The van der Waals surface area contributed by atoms with Crippen molar-refractivity contribution in [2.24, 2.45) is 23.7 Å². The summed E-state index contributed by atoms with van der Waals surface area (Å²) in [4.78, 5) is 0. The summed E-state index contributed by atoms with van der Waals surface area (Å²) >= 11 is 0. The molecule has 0 aromatic rings. The van der Waals surface area contributed by atoms with E-state index in [1.807, 2.05) is 6.92 Å². The Hall–Kier alpha value is -0.140. The lowest BCUT2D eigenvalue weighted by atomic mass is 9.68. The van der Waals surface area contributed by atoms with Crippen LogP contribution in [0.15, 0.2) is 0 Å². The minimum Gasteiger partial charge on any atom is -0.207 e. The lowest BCUT2D eigenvalue weighted by molar-refractivity contribution is -0.0849. The van der Waals surface area contributed by atoms with Crippen LogP contribution in [0.1, 0.15) is 84.5 Å². The van der Waals surface area contributed by atoms with Crippen LogP contribution in [-0.4, -0.2) is 5.92 Å². The number of halogens is 2. The molecule has 0 aliphatic heterocycles. The molecule has 2 aliphatic carbocycles. The van der Waals surface area contributed by atoms with E-state index < -0.39 is 5.92 Å².